The van der Waals surface area contributed by atoms with Gasteiger partial charge in [-0.15, -0.1) is 0 Å². The normalized spacial score (nSPS) is 14.5. The summed E-state index contributed by atoms with van der Waals surface area (Å²) in [4.78, 5) is 2.44. The van der Waals surface area contributed by atoms with Crippen LogP contribution in [0, 0.1) is 6.92 Å². The maximum Gasteiger partial charge on any atom is 0.200 e. The van der Waals surface area contributed by atoms with E-state index in [9.17, 15) is 0 Å². The predicted octanol–water partition coefficient (Wildman–Crippen LogP) is 9.34. The molecule has 0 amide bonds. The van der Waals surface area contributed by atoms with Gasteiger partial charge in [-0.25, -0.2) is 4.58 Å². The molecule has 0 N–H and O–H groups in total. The van der Waals surface area contributed by atoms with Gasteiger partial charge in [0, 0.05) is 42.1 Å². The van der Waals surface area contributed by atoms with E-state index in [1.165, 1.54) is 82.7 Å². The first-order valence-electron chi connectivity index (χ1n) is 19.0. The van der Waals surface area contributed by atoms with E-state index in [1.54, 1.807) is 0 Å². The zero-order valence-electron chi connectivity index (χ0n) is 30.8. The summed E-state index contributed by atoms with van der Waals surface area (Å²) < 4.78 is 9.22. The lowest BCUT2D eigenvalue weighted by molar-refractivity contribution is -0.518. The third-order valence-electron chi connectivity index (χ3n) is 11.7. The molecule has 6 aromatic rings. The minimum atomic E-state index is -0.624. The van der Waals surface area contributed by atoms with Crippen LogP contribution < -0.4 is 20.1 Å². The van der Waals surface area contributed by atoms with Gasteiger partial charge in [0.05, 0.1) is 5.41 Å². The summed E-state index contributed by atoms with van der Waals surface area (Å²) >= 11 is 0. The Morgan fingerprint density at radius 2 is 1.31 bits per heavy atom. The number of hydrogen-bond donors (Lipinski definition) is 0. The van der Waals surface area contributed by atoms with Crippen LogP contribution in [0.25, 0.3) is 28.5 Å². The Hall–Kier alpha value is -5.67. The van der Waals surface area contributed by atoms with E-state index < -0.39 is 5.41 Å². The molecule has 0 atom stereocenters. The predicted molar refractivity (Wildman–Crippen MR) is 218 cm³/mol. The molecule has 0 radical (unpaired) electrons. The lowest BCUT2D eigenvalue weighted by Crippen LogP contribution is -2.44. The van der Waals surface area contributed by atoms with Crippen LogP contribution in [0.2, 0.25) is 0 Å². The SMILES string of the molecule is CCN(CC)c1ccc2cc3c(cc2c1)C1(c2ccccc2Oc2ccccc21)c1cc2c(cc1=C3c1ccccc1C)C=CC(=[N+](CC)CC)C=2. The summed E-state index contributed by atoms with van der Waals surface area (Å²) in [6, 6.07) is 43.3. The molecule has 2 aliphatic carbocycles. The first-order valence-corrected chi connectivity index (χ1v) is 19.0. The number of benzene rings is 6. The Morgan fingerprint density at radius 3 is 2.00 bits per heavy atom. The smallest absolute Gasteiger partial charge is 0.200 e. The summed E-state index contributed by atoms with van der Waals surface area (Å²) in [5.41, 5.74) is 13.2. The average Bonchev–Trinajstić information content (AvgIpc) is 3.18. The molecule has 0 fully saturated rings. The molecule has 0 bridgehead atoms. The summed E-state index contributed by atoms with van der Waals surface area (Å²) in [6.45, 7) is 15.1. The topological polar surface area (TPSA) is 15.5 Å². The van der Waals surface area contributed by atoms with E-state index in [0.717, 1.165) is 37.7 Å². The molecule has 3 aliphatic rings. The second-order valence-electron chi connectivity index (χ2n) is 14.2. The molecule has 0 saturated carbocycles. The fourth-order valence-electron chi connectivity index (χ4n) is 9.18. The van der Waals surface area contributed by atoms with Crippen molar-refractivity contribution in [1.82, 2.24) is 0 Å². The van der Waals surface area contributed by atoms with E-state index in [2.05, 4.69) is 178 Å². The highest BCUT2D eigenvalue weighted by molar-refractivity contribution is 6.17. The molecule has 1 aliphatic heterocycles. The van der Waals surface area contributed by atoms with Crippen LogP contribution in [0.3, 0.4) is 0 Å². The molecular formula is C49H45N2O+. The van der Waals surface area contributed by atoms with Crippen LogP contribution in [-0.4, -0.2) is 36.5 Å². The van der Waals surface area contributed by atoms with E-state index >= 15 is 0 Å². The van der Waals surface area contributed by atoms with Gasteiger partial charge >= 0.3 is 0 Å². The highest BCUT2D eigenvalue weighted by atomic mass is 16.5. The number of fused-ring (bicyclic) bond motifs is 10. The van der Waals surface area contributed by atoms with Gasteiger partial charge in [0.2, 0.25) is 0 Å². The van der Waals surface area contributed by atoms with E-state index in [1.807, 2.05) is 0 Å². The number of ether oxygens (including phenoxy) is 1. The molecule has 0 unspecified atom stereocenters. The second kappa shape index (κ2) is 12.5. The summed E-state index contributed by atoms with van der Waals surface area (Å²) in [7, 11) is 0. The van der Waals surface area contributed by atoms with E-state index in [-0.39, 0.29) is 0 Å². The Kier molecular flexibility index (Phi) is 7.77. The molecule has 3 nitrogen and oxygen atoms in total. The van der Waals surface area contributed by atoms with Crippen molar-refractivity contribution < 1.29 is 9.31 Å². The van der Waals surface area contributed by atoms with Gasteiger partial charge in [-0.3, -0.25) is 0 Å². The molecule has 6 aromatic carbocycles. The Morgan fingerprint density at radius 1 is 0.615 bits per heavy atom. The molecule has 52 heavy (non-hydrogen) atoms. The highest BCUT2D eigenvalue weighted by Crippen LogP contribution is 2.57. The first-order chi connectivity index (χ1) is 25.5. The molecular weight excluding hydrogens is 633 g/mol. The van der Waals surface area contributed by atoms with Crippen molar-refractivity contribution in [3.63, 3.8) is 0 Å². The third-order valence-corrected chi connectivity index (χ3v) is 11.7. The Balaban J connectivity index is 1.52. The van der Waals surface area contributed by atoms with Crippen LogP contribution >= 0.6 is 0 Å². The number of allylic oxidation sites excluding steroid dienone is 1. The quantitative estimate of drug-likeness (QED) is 0.163. The fourth-order valence-corrected chi connectivity index (χ4v) is 9.18. The van der Waals surface area contributed by atoms with Crippen molar-refractivity contribution in [2.75, 3.05) is 31.1 Å². The van der Waals surface area contributed by atoms with Crippen LogP contribution in [0.1, 0.15) is 72.2 Å². The molecule has 1 heterocycles. The average molecular weight is 678 g/mol. The van der Waals surface area contributed by atoms with Crippen molar-refractivity contribution in [2.45, 2.75) is 40.0 Å². The highest BCUT2D eigenvalue weighted by Gasteiger charge is 2.49. The van der Waals surface area contributed by atoms with Crippen molar-refractivity contribution in [3.8, 4) is 11.5 Å². The second-order valence-corrected chi connectivity index (χ2v) is 14.2. The van der Waals surface area contributed by atoms with Crippen molar-refractivity contribution in [2.24, 2.45) is 0 Å². The summed E-state index contributed by atoms with van der Waals surface area (Å²) in [5.74, 6) is 1.82. The number of anilines is 1. The number of aryl methyl sites for hydroxylation is 1. The Bertz CT molecular complexity index is 2570. The van der Waals surface area contributed by atoms with Crippen molar-refractivity contribution >= 4 is 39.9 Å². The van der Waals surface area contributed by atoms with Crippen molar-refractivity contribution in [1.29, 1.82) is 0 Å². The van der Waals surface area contributed by atoms with Gasteiger partial charge in [-0.1, -0.05) is 66.7 Å². The van der Waals surface area contributed by atoms with E-state index in [4.69, 9.17) is 4.74 Å². The summed E-state index contributed by atoms with van der Waals surface area (Å²) in [5, 5.41) is 5.02. The lowest BCUT2D eigenvalue weighted by atomic mass is 9.58. The maximum atomic E-state index is 6.78. The molecule has 0 saturated heterocycles. The minimum Gasteiger partial charge on any atom is -0.457 e. The zero-order chi connectivity index (χ0) is 35.6. The van der Waals surface area contributed by atoms with Crippen LogP contribution in [0.5, 0.6) is 11.5 Å². The van der Waals surface area contributed by atoms with Crippen LogP contribution in [0.15, 0.2) is 121 Å². The van der Waals surface area contributed by atoms with Crippen molar-refractivity contribution in [3.05, 3.63) is 176 Å². The number of para-hydroxylation sites is 2. The molecule has 0 aromatic heterocycles. The standard InChI is InChI=1S/C49H45N2O/c1-6-50(7-2)37-24-22-33-28-40-44(30-35(33)26-37)49(42-18-12-14-20-46(42)52-47-21-15-13-19-43(47)49)45-31-36-27-38(51(8-3)9-4)25-23-34(36)29-41(45)48(40)39-17-11-10-16-32(39)5/h10-31H,6-9H2,1-5H3/q+1. The molecule has 9 rings (SSSR count). The van der Waals surface area contributed by atoms with Crippen LogP contribution in [0.4, 0.5) is 5.69 Å². The van der Waals surface area contributed by atoms with E-state index in [0.29, 0.717) is 0 Å². The lowest BCUT2D eigenvalue weighted by Gasteiger charge is -2.45. The largest absolute Gasteiger partial charge is 0.457 e. The monoisotopic (exact) mass is 677 g/mol. The van der Waals surface area contributed by atoms with Crippen LogP contribution in [-0.2, 0) is 5.41 Å². The minimum absolute atomic E-state index is 0.624. The van der Waals surface area contributed by atoms with Gasteiger partial charge in [-0.2, -0.15) is 0 Å². The van der Waals surface area contributed by atoms with Gasteiger partial charge in [-0.05, 0) is 149 Å². The molecule has 256 valence electrons. The molecule has 3 heteroatoms. The van der Waals surface area contributed by atoms with Gasteiger partial charge in [0.15, 0.2) is 5.71 Å². The maximum absolute atomic E-state index is 6.78. The van der Waals surface area contributed by atoms with Gasteiger partial charge in [0.25, 0.3) is 0 Å². The zero-order valence-corrected chi connectivity index (χ0v) is 30.8. The van der Waals surface area contributed by atoms with Gasteiger partial charge in [0.1, 0.15) is 24.6 Å². The fraction of sp³-hybridized carbons (Fsp3) is 0.204. The third kappa shape index (κ3) is 4.68. The number of nitrogens with zero attached hydrogens (tertiary/aromatic N) is 2. The first kappa shape index (κ1) is 32.3. The number of rotatable bonds is 6. The Labute approximate surface area is 307 Å². The summed E-state index contributed by atoms with van der Waals surface area (Å²) in [6.07, 6.45) is 7.01. The molecule has 1 spiro atoms. The van der Waals surface area contributed by atoms with Gasteiger partial charge < -0.3 is 9.64 Å². The number of hydrogen-bond acceptors (Lipinski definition) is 2.